The van der Waals surface area contributed by atoms with Crippen LogP contribution in [0.25, 0.3) is 33.2 Å². The summed E-state index contributed by atoms with van der Waals surface area (Å²) in [5.74, 6) is -0.348. The number of esters is 1. The molecule has 2 aromatic heterocycles. The number of pyridine rings is 1. The molecule has 0 aliphatic heterocycles. The number of hydrogen-bond donors (Lipinski definition) is 1. The zero-order valence-electron chi connectivity index (χ0n) is 13.7. The lowest BCUT2D eigenvalue weighted by atomic mass is 9.99. The number of hydrogen-bond acceptors (Lipinski definition) is 3. The first kappa shape index (κ1) is 15.1. The Morgan fingerprint density at radius 2 is 1.76 bits per heavy atom. The molecular weight excluding hydrogens is 312 g/mol. The molecule has 0 saturated carbocycles. The van der Waals surface area contributed by atoms with Crippen LogP contribution in [-0.2, 0) is 4.74 Å². The summed E-state index contributed by atoms with van der Waals surface area (Å²) in [5.41, 5.74) is 5.45. The van der Waals surface area contributed by atoms with Gasteiger partial charge in [0.15, 0.2) is 0 Å². The molecule has 122 valence electrons. The third-order valence-corrected chi connectivity index (χ3v) is 4.27. The van der Waals surface area contributed by atoms with Crippen LogP contribution in [-0.4, -0.2) is 23.0 Å². The molecule has 25 heavy (non-hydrogen) atoms. The summed E-state index contributed by atoms with van der Waals surface area (Å²) in [6.45, 7) is 0. The van der Waals surface area contributed by atoms with Gasteiger partial charge in [0.25, 0.3) is 0 Å². The average Bonchev–Trinajstić information content (AvgIpc) is 3.12. The fraction of sp³-hybridized carbons (Fsp3) is 0.0476. The van der Waals surface area contributed by atoms with Crippen LogP contribution >= 0.6 is 0 Å². The van der Waals surface area contributed by atoms with Crippen molar-refractivity contribution in [2.75, 3.05) is 7.11 Å². The molecule has 4 heteroatoms. The molecule has 0 fully saturated rings. The van der Waals surface area contributed by atoms with Crippen molar-refractivity contribution >= 4 is 16.9 Å². The van der Waals surface area contributed by atoms with Crippen molar-refractivity contribution in [3.8, 4) is 22.3 Å². The van der Waals surface area contributed by atoms with E-state index in [1.807, 2.05) is 48.9 Å². The van der Waals surface area contributed by atoms with Crippen LogP contribution in [0.1, 0.15) is 10.4 Å². The Bertz CT molecular complexity index is 1050. The van der Waals surface area contributed by atoms with Gasteiger partial charge in [-0.3, -0.25) is 4.98 Å². The summed E-state index contributed by atoms with van der Waals surface area (Å²) >= 11 is 0. The summed E-state index contributed by atoms with van der Waals surface area (Å²) in [4.78, 5) is 19.8. The maximum atomic E-state index is 12.1. The van der Waals surface area contributed by atoms with Crippen molar-refractivity contribution in [3.05, 3.63) is 78.8 Å². The summed E-state index contributed by atoms with van der Waals surface area (Å²) < 4.78 is 4.93. The molecule has 0 aliphatic carbocycles. The van der Waals surface area contributed by atoms with Crippen molar-refractivity contribution < 1.29 is 9.53 Å². The predicted octanol–water partition coefficient (Wildman–Crippen LogP) is 4.68. The lowest BCUT2D eigenvalue weighted by Gasteiger charge is -2.07. The van der Waals surface area contributed by atoms with E-state index in [2.05, 4.69) is 28.2 Å². The lowest BCUT2D eigenvalue weighted by Crippen LogP contribution is -2.01. The van der Waals surface area contributed by atoms with Crippen LogP contribution in [0.3, 0.4) is 0 Å². The maximum absolute atomic E-state index is 12.1. The van der Waals surface area contributed by atoms with Gasteiger partial charge in [-0.05, 0) is 23.8 Å². The zero-order valence-corrected chi connectivity index (χ0v) is 13.7. The van der Waals surface area contributed by atoms with Gasteiger partial charge < -0.3 is 9.72 Å². The third-order valence-electron chi connectivity index (χ3n) is 4.27. The normalized spacial score (nSPS) is 10.8. The number of aromatic nitrogens is 2. The van der Waals surface area contributed by atoms with E-state index in [0.717, 1.165) is 33.2 Å². The Kier molecular flexibility index (Phi) is 3.78. The SMILES string of the molecule is COC(=O)c1cccc2[nH]cc(-c3cncc(-c4ccccc4)c3)c12. The van der Waals surface area contributed by atoms with E-state index < -0.39 is 0 Å². The highest BCUT2D eigenvalue weighted by Crippen LogP contribution is 2.33. The lowest BCUT2D eigenvalue weighted by molar-refractivity contribution is 0.0603. The van der Waals surface area contributed by atoms with E-state index in [9.17, 15) is 4.79 Å². The zero-order chi connectivity index (χ0) is 17.2. The Hall–Kier alpha value is -3.40. The van der Waals surface area contributed by atoms with Gasteiger partial charge in [0.2, 0.25) is 0 Å². The van der Waals surface area contributed by atoms with Crippen LogP contribution < -0.4 is 0 Å². The quantitative estimate of drug-likeness (QED) is 0.555. The minimum atomic E-state index is -0.348. The van der Waals surface area contributed by atoms with Gasteiger partial charge in [-0.15, -0.1) is 0 Å². The monoisotopic (exact) mass is 328 g/mol. The first-order valence-corrected chi connectivity index (χ1v) is 7.97. The number of H-pyrrole nitrogens is 1. The molecule has 4 aromatic rings. The summed E-state index contributed by atoms with van der Waals surface area (Å²) in [6, 6.07) is 17.7. The number of benzene rings is 2. The fourth-order valence-corrected chi connectivity index (χ4v) is 3.07. The Morgan fingerprint density at radius 1 is 0.960 bits per heavy atom. The van der Waals surface area contributed by atoms with Crippen LogP contribution in [0.5, 0.6) is 0 Å². The van der Waals surface area contributed by atoms with Crippen molar-refractivity contribution in [2.24, 2.45) is 0 Å². The standard InChI is InChI=1S/C21H16N2O2/c1-25-21(24)17-8-5-9-19-20(17)18(13-23-19)16-10-15(11-22-12-16)14-6-3-2-4-7-14/h2-13,23H,1H3. The van der Waals surface area contributed by atoms with Crippen LogP contribution in [0, 0.1) is 0 Å². The van der Waals surface area contributed by atoms with E-state index in [1.54, 1.807) is 6.07 Å². The average molecular weight is 328 g/mol. The summed E-state index contributed by atoms with van der Waals surface area (Å²) in [6.07, 6.45) is 5.56. The molecule has 0 aliphatic rings. The molecule has 0 atom stereocenters. The number of methoxy groups -OCH3 is 1. The highest BCUT2D eigenvalue weighted by atomic mass is 16.5. The minimum Gasteiger partial charge on any atom is -0.465 e. The maximum Gasteiger partial charge on any atom is 0.338 e. The number of nitrogens with one attached hydrogen (secondary N) is 1. The topological polar surface area (TPSA) is 55.0 Å². The largest absolute Gasteiger partial charge is 0.465 e. The second-order valence-corrected chi connectivity index (χ2v) is 5.75. The second-order valence-electron chi connectivity index (χ2n) is 5.75. The number of nitrogens with zero attached hydrogens (tertiary/aromatic N) is 1. The first-order chi connectivity index (χ1) is 12.3. The van der Waals surface area contributed by atoms with Crippen molar-refractivity contribution in [3.63, 3.8) is 0 Å². The molecule has 0 amide bonds. The number of fused-ring (bicyclic) bond motifs is 1. The first-order valence-electron chi connectivity index (χ1n) is 7.97. The molecule has 0 saturated heterocycles. The molecule has 0 radical (unpaired) electrons. The molecule has 0 spiro atoms. The molecule has 2 heterocycles. The van der Waals surface area contributed by atoms with E-state index in [0.29, 0.717) is 5.56 Å². The molecule has 4 rings (SSSR count). The van der Waals surface area contributed by atoms with E-state index in [1.165, 1.54) is 7.11 Å². The van der Waals surface area contributed by atoms with Gasteiger partial charge >= 0.3 is 5.97 Å². The highest BCUT2D eigenvalue weighted by Gasteiger charge is 2.16. The Morgan fingerprint density at radius 3 is 2.56 bits per heavy atom. The fourth-order valence-electron chi connectivity index (χ4n) is 3.07. The van der Waals surface area contributed by atoms with E-state index in [4.69, 9.17) is 4.74 Å². The number of ether oxygens (including phenoxy) is 1. The van der Waals surface area contributed by atoms with Gasteiger partial charge in [0.1, 0.15) is 0 Å². The number of aromatic amines is 1. The van der Waals surface area contributed by atoms with Crippen LogP contribution in [0.4, 0.5) is 0 Å². The number of carbonyl (C=O) groups is 1. The number of rotatable bonds is 3. The summed E-state index contributed by atoms with van der Waals surface area (Å²) in [7, 11) is 1.39. The van der Waals surface area contributed by atoms with Gasteiger partial charge in [-0.2, -0.15) is 0 Å². The number of carbonyl (C=O) groups excluding carboxylic acids is 1. The molecule has 4 nitrogen and oxygen atoms in total. The Labute approximate surface area is 145 Å². The highest BCUT2D eigenvalue weighted by molar-refractivity contribution is 6.10. The van der Waals surface area contributed by atoms with Gasteiger partial charge in [-0.25, -0.2) is 4.79 Å². The van der Waals surface area contributed by atoms with Gasteiger partial charge in [0, 0.05) is 46.2 Å². The van der Waals surface area contributed by atoms with E-state index >= 15 is 0 Å². The van der Waals surface area contributed by atoms with Crippen molar-refractivity contribution in [1.29, 1.82) is 0 Å². The second kappa shape index (κ2) is 6.24. The Balaban J connectivity index is 1.90. The van der Waals surface area contributed by atoms with Crippen LogP contribution in [0.15, 0.2) is 73.2 Å². The van der Waals surface area contributed by atoms with E-state index in [-0.39, 0.29) is 5.97 Å². The van der Waals surface area contributed by atoms with Crippen molar-refractivity contribution in [1.82, 2.24) is 9.97 Å². The molecule has 2 aromatic carbocycles. The van der Waals surface area contributed by atoms with Crippen LogP contribution in [0.2, 0.25) is 0 Å². The van der Waals surface area contributed by atoms with Crippen molar-refractivity contribution in [2.45, 2.75) is 0 Å². The van der Waals surface area contributed by atoms with Gasteiger partial charge in [0.05, 0.1) is 12.7 Å². The molecular formula is C21H16N2O2. The molecule has 0 bridgehead atoms. The molecule has 0 unspecified atom stereocenters. The third kappa shape index (κ3) is 2.68. The minimum absolute atomic E-state index is 0.348. The molecule has 1 N–H and O–H groups in total. The summed E-state index contributed by atoms with van der Waals surface area (Å²) in [5, 5.41) is 0.848. The smallest absolute Gasteiger partial charge is 0.338 e. The van der Waals surface area contributed by atoms with Gasteiger partial charge in [-0.1, -0.05) is 36.4 Å². The predicted molar refractivity (Wildman–Crippen MR) is 98.3 cm³/mol.